The molecule has 1 heterocycles. The minimum atomic E-state index is -0.292. The van der Waals surface area contributed by atoms with Crippen molar-refractivity contribution in [2.24, 2.45) is 4.99 Å². The predicted molar refractivity (Wildman–Crippen MR) is 115 cm³/mol. The highest BCUT2D eigenvalue weighted by Crippen LogP contribution is 2.26. The quantitative estimate of drug-likeness (QED) is 0.462. The van der Waals surface area contributed by atoms with Crippen molar-refractivity contribution < 1.29 is 14.2 Å². The molecule has 0 spiro atoms. The van der Waals surface area contributed by atoms with Gasteiger partial charge < -0.3 is 9.84 Å². The number of phenols is 1. The fourth-order valence-corrected chi connectivity index (χ4v) is 3.13. The zero-order valence-corrected chi connectivity index (χ0v) is 16.4. The highest BCUT2D eigenvalue weighted by Gasteiger charge is 2.12. The van der Waals surface area contributed by atoms with Gasteiger partial charge in [0.15, 0.2) is 11.5 Å². The van der Waals surface area contributed by atoms with E-state index in [0.717, 1.165) is 28.1 Å². The Morgan fingerprint density at radius 1 is 1.07 bits per heavy atom. The second kappa shape index (κ2) is 8.61. The second-order valence-corrected chi connectivity index (χ2v) is 6.69. The molecule has 1 N–H and O–H groups in total. The summed E-state index contributed by atoms with van der Waals surface area (Å²) in [4.78, 5) is 4.51. The minimum absolute atomic E-state index is 0.0605. The zero-order valence-electron chi connectivity index (χ0n) is 16.4. The topological polar surface area (TPSA) is 59.6 Å². The van der Waals surface area contributed by atoms with Crippen LogP contribution in [0.3, 0.4) is 0 Å². The smallest absolute Gasteiger partial charge is 0.160 e. The minimum Gasteiger partial charge on any atom is -0.504 e. The fourth-order valence-electron chi connectivity index (χ4n) is 3.13. The van der Waals surface area contributed by atoms with E-state index in [1.54, 1.807) is 35.2 Å². The van der Waals surface area contributed by atoms with E-state index in [1.807, 2.05) is 42.6 Å². The maximum atomic E-state index is 13.4. The number of aliphatic imine (C=N–C) groups is 1. The molecule has 30 heavy (non-hydrogen) atoms. The molecule has 1 aromatic heterocycles. The Kier molecular flexibility index (Phi) is 5.57. The molecular formula is C24H20FN3O2. The molecule has 0 aliphatic heterocycles. The molecule has 5 nitrogen and oxygen atoms in total. The van der Waals surface area contributed by atoms with Gasteiger partial charge in [0.2, 0.25) is 0 Å². The average molecular weight is 401 g/mol. The Morgan fingerprint density at radius 2 is 1.83 bits per heavy atom. The first-order valence-electron chi connectivity index (χ1n) is 9.41. The molecule has 0 bridgehead atoms. The zero-order chi connectivity index (χ0) is 20.9. The van der Waals surface area contributed by atoms with E-state index in [-0.39, 0.29) is 11.6 Å². The number of halogens is 1. The summed E-state index contributed by atoms with van der Waals surface area (Å²) in [7, 11) is 1.50. The van der Waals surface area contributed by atoms with Crippen LogP contribution in [-0.2, 0) is 6.54 Å². The van der Waals surface area contributed by atoms with Crippen LogP contribution in [0, 0.1) is 5.82 Å². The molecule has 0 unspecified atom stereocenters. The van der Waals surface area contributed by atoms with Crippen LogP contribution in [0.2, 0.25) is 0 Å². The van der Waals surface area contributed by atoms with Crippen LogP contribution in [0.5, 0.6) is 11.5 Å². The Balaban J connectivity index is 1.64. The summed E-state index contributed by atoms with van der Waals surface area (Å²) in [6, 6.07) is 21.1. The van der Waals surface area contributed by atoms with Crippen molar-refractivity contribution in [3.63, 3.8) is 0 Å². The molecule has 0 saturated heterocycles. The van der Waals surface area contributed by atoms with Gasteiger partial charge in [-0.2, -0.15) is 5.10 Å². The number of ether oxygens (including phenoxy) is 1. The average Bonchev–Trinajstić information content (AvgIpc) is 3.19. The summed E-state index contributed by atoms with van der Waals surface area (Å²) < 4.78 is 20.2. The van der Waals surface area contributed by atoms with Gasteiger partial charge in [-0.25, -0.2) is 9.07 Å². The number of nitrogens with zero attached hydrogens (tertiary/aromatic N) is 3. The van der Waals surface area contributed by atoms with Crippen LogP contribution < -0.4 is 4.74 Å². The van der Waals surface area contributed by atoms with Crippen LogP contribution >= 0.6 is 0 Å². The molecule has 150 valence electrons. The molecular weight excluding hydrogens is 381 g/mol. The molecule has 4 aromatic rings. The van der Waals surface area contributed by atoms with Gasteiger partial charge in [-0.3, -0.25) is 4.99 Å². The molecule has 0 fully saturated rings. The third kappa shape index (κ3) is 4.22. The van der Waals surface area contributed by atoms with Crippen LogP contribution in [0.1, 0.15) is 11.1 Å². The molecule has 0 saturated carbocycles. The van der Waals surface area contributed by atoms with Crippen molar-refractivity contribution in [2.45, 2.75) is 6.54 Å². The maximum absolute atomic E-state index is 13.4. The van der Waals surface area contributed by atoms with Crippen LogP contribution in [0.4, 0.5) is 4.39 Å². The highest BCUT2D eigenvalue weighted by molar-refractivity contribution is 5.81. The number of hydrogen-bond acceptors (Lipinski definition) is 4. The van der Waals surface area contributed by atoms with Crippen molar-refractivity contribution in [3.8, 4) is 28.4 Å². The molecule has 6 heteroatoms. The summed E-state index contributed by atoms with van der Waals surface area (Å²) in [5.74, 6) is 0.181. The molecule has 4 rings (SSSR count). The highest BCUT2D eigenvalue weighted by atomic mass is 19.1. The van der Waals surface area contributed by atoms with Crippen molar-refractivity contribution in [2.75, 3.05) is 7.11 Å². The number of aromatic hydroxyl groups is 1. The Labute approximate surface area is 173 Å². The molecule has 3 aromatic carbocycles. The molecule has 0 atom stereocenters. The lowest BCUT2D eigenvalue weighted by Crippen LogP contribution is -1.94. The third-order valence-corrected chi connectivity index (χ3v) is 4.63. The number of hydrogen-bond donors (Lipinski definition) is 1. The van der Waals surface area contributed by atoms with E-state index < -0.39 is 0 Å². The summed E-state index contributed by atoms with van der Waals surface area (Å²) in [6.45, 7) is 0.381. The van der Waals surface area contributed by atoms with E-state index in [4.69, 9.17) is 9.84 Å². The van der Waals surface area contributed by atoms with Crippen LogP contribution in [0.15, 0.2) is 84.0 Å². The van der Waals surface area contributed by atoms with E-state index >= 15 is 0 Å². The van der Waals surface area contributed by atoms with Gasteiger partial charge in [-0.1, -0.05) is 18.2 Å². The molecule has 0 aliphatic rings. The lowest BCUT2D eigenvalue weighted by molar-refractivity contribution is 0.373. The summed E-state index contributed by atoms with van der Waals surface area (Å²) in [6.07, 6.45) is 3.62. The maximum Gasteiger partial charge on any atom is 0.160 e. The Hall–Kier alpha value is -3.93. The Morgan fingerprint density at radius 3 is 2.53 bits per heavy atom. The predicted octanol–water partition coefficient (Wildman–Crippen LogP) is 5.01. The van der Waals surface area contributed by atoms with E-state index in [1.165, 1.54) is 19.2 Å². The van der Waals surface area contributed by atoms with Crippen LogP contribution in [0.25, 0.3) is 16.9 Å². The number of aromatic nitrogens is 2. The van der Waals surface area contributed by atoms with Crippen molar-refractivity contribution in [1.29, 1.82) is 0 Å². The van der Waals surface area contributed by atoms with E-state index in [0.29, 0.717) is 12.3 Å². The number of para-hydroxylation sites is 1. The first-order chi connectivity index (χ1) is 14.6. The number of methoxy groups -OCH3 is 1. The van der Waals surface area contributed by atoms with E-state index in [2.05, 4.69) is 4.99 Å². The van der Waals surface area contributed by atoms with E-state index in [9.17, 15) is 9.50 Å². The SMILES string of the molecule is COc1ccc(C=NCc2cn(-c3ccccc3)nc2-c2ccc(F)cc2)cc1O. The van der Waals surface area contributed by atoms with Gasteiger partial charge in [0, 0.05) is 23.5 Å². The van der Waals surface area contributed by atoms with Gasteiger partial charge in [0.25, 0.3) is 0 Å². The van der Waals surface area contributed by atoms with Gasteiger partial charge in [0.1, 0.15) is 5.82 Å². The number of phenolic OH excluding ortho intramolecular Hbond substituents is 1. The summed E-state index contributed by atoms with van der Waals surface area (Å²) >= 11 is 0. The standard InChI is InChI=1S/C24H20FN3O2/c1-30-23-12-7-17(13-22(23)29)14-26-15-19-16-28(21-5-3-2-4-6-21)27-24(19)18-8-10-20(25)11-9-18/h2-14,16,29H,15H2,1H3. The van der Waals surface area contributed by atoms with Crippen molar-refractivity contribution >= 4 is 6.21 Å². The Bertz CT molecular complexity index is 1170. The summed E-state index contributed by atoms with van der Waals surface area (Å²) in [5.41, 5.74) is 4.15. The third-order valence-electron chi connectivity index (χ3n) is 4.63. The second-order valence-electron chi connectivity index (χ2n) is 6.69. The molecule has 0 aliphatic carbocycles. The molecule has 0 radical (unpaired) electrons. The van der Waals surface area contributed by atoms with Gasteiger partial charge >= 0.3 is 0 Å². The lowest BCUT2D eigenvalue weighted by atomic mass is 10.1. The largest absolute Gasteiger partial charge is 0.504 e. The first-order valence-corrected chi connectivity index (χ1v) is 9.41. The van der Waals surface area contributed by atoms with Gasteiger partial charge in [-0.05, 0) is 60.2 Å². The number of benzene rings is 3. The van der Waals surface area contributed by atoms with Crippen LogP contribution in [-0.4, -0.2) is 28.2 Å². The van der Waals surface area contributed by atoms with Gasteiger partial charge in [-0.15, -0.1) is 0 Å². The monoisotopic (exact) mass is 401 g/mol. The van der Waals surface area contributed by atoms with Gasteiger partial charge in [0.05, 0.1) is 25.0 Å². The number of rotatable bonds is 6. The summed E-state index contributed by atoms with van der Waals surface area (Å²) in [5, 5.41) is 14.6. The fraction of sp³-hybridized carbons (Fsp3) is 0.0833. The molecule has 0 amide bonds. The van der Waals surface area contributed by atoms with Crippen molar-refractivity contribution in [3.05, 3.63) is 95.9 Å². The first kappa shape index (κ1) is 19.4. The van der Waals surface area contributed by atoms with Crippen molar-refractivity contribution in [1.82, 2.24) is 9.78 Å². The lowest BCUT2D eigenvalue weighted by Gasteiger charge is -2.03. The normalized spacial score (nSPS) is 11.1.